The zero-order valence-electron chi connectivity index (χ0n) is 13.0. The number of halogens is 1. The van der Waals surface area contributed by atoms with Crippen molar-refractivity contribution >= 4 is 27.5 Å². The fourth-order valence-corrected chi connectivity index (χ4v) is 3.55. The van der Waals surface area contributed by atoms with Gasteiger partial charge in [0.25, 0.3) is 0 Å². The van der Waals surface area contributed by atoms with Crippen molar-refractivity contribution in [2.24, 2.45) is 5.92 Å². The Kier molecular flexibility index (Phi) is 6.26. The maximum absolute atomic E-state index is 12.1. The molecule has 23 heavy (non-hydrogen) atoms. The molecule has 0 saturated carbocycles. The molecule has 0 bridgehead atoms. The molecule has 8 heteroatoms. The van der Waals surface area contributed by atoms with Crippen LogP contribution in [0.1, 0.15) is 12.8 Å². The molecule has 1 heterocycles. The zero-order valence-corrected chi connectivity index (χ0v) is 14.6. The zero-order chi connectivity index (χ0) is 16.9. The number of nitrogens with one attached hydrogen (secondary N) is 1. The molecule has 1 aromatic carbocycles. The van der Waals surface area contributed by atoms with Crippen molar-refractivity contribution < 1.29 is 17.9 Å². The minimum atomic E-state index is -3.16. The van der Waals surface area contributed by atoms with Gasteiger partial charge in [-0.15, -0.1) is 0 Å². The SMILES string of the molecule is CS(=O)(=O)N1CCC(C(=O)NCCOc2cccc(Cl)c2)CC1. The van der Waals surface area contributed by atoms with Crippen LogP contribution in [0, 0.1) is 5.92 Å². The van der Waals surface area contributed by atoms with Crippen molar-refractivity contribution in [2.75, 3.05) is 32.5 Å². The lowest BCUT2D eigenvalue weighted by atomic mass is 9.97. The molecule has 1 aliphatic rings. The van der Waals surface area contributed by atoms with Crippen molar-refractivity contribution in [1.29, 1.82) is 0 Å². The van der Waals surface area contributed by atoms with E-state index in [1.807, 2.05) is 0 Å². The van der Waals surface area contributed by atoms with Crippen LogP contribution in [0.5, 0.6) is 5.75 Å². The third kappa shape index (κ3) is 5.67. The number of benzene rings is 1. The summed E-state index contributed by atoms with van der Waals surface area (Å²) in [6, 6.07) is 7.07. The van der Waals surface area contributed by atoms with Gasteiger partial charge in [0.1, 0.15) is 12.4 Å². The molecule has 1 N–H and O–H groups in total. The van der Waals surface area contributed by atoms with Crippen molar-refractivity contribution in [3.05, 3.63) is 29.3 Å². The number of nitrogens with zero attached hydrogens (tertiary/aromatic N) is 1. The molecule has 1 amide bonds. The van der Waals surface area contributed by atoms with E-state index in [0.29, 0.717) is 49.9 Å². The Morgan fingerprint density at radius 3 is 2.70 bits per heavy atom. The highest BCUT2D eigenvalue weighted by molar-refractivity contribution is 7.88. The van der Waals surface area contributed by atoms with Crippen LogP contribution in [0.3, 0.4) is 0 Å². The second kappa shape index (κ2) is 7.99. The number of hydrogen-bond donors (Lipinski definition) is 1. The monoisotopic (exact) mass is 360 g/mol. The number of sulfonamides is 1. The second-order valence-electron chi connectivity index (χ2n) is 5.53. The fourth-order valence-electron chi connectivity index (χ4n) is 2.49. The number of piperidine rings is 1. The lowest BCUT2D eigenvalue weighted by Gasteiger charge is -2.29. The van der Waals surface area contributed by atoms with Gasteiger partial charge in [-0.05, 0) is 31.0 Å². The van der Waals surface area contributed by atoms with Crippen molar-refractivity contribution in [3.8, 4) is 5.75 Å². The Bertz CT molecular complexity index is 643. The maximum Gasteiger partial charge on any atom is 0.223 e. The predicted octanol–water partition coefficient (Wildman–Crippen LogP) is 1.51. The highest BCUT2D eigenvalue weighted by atomic mass is 35.5. The van der Waals surface area contributed by atoms with Crippen LogP contribution in [0.2, 0.25) is 5.02 Å². The number of hydrogen-bond acceptors (Lipinski definition) is 4. The highest BCUT2D eigenvalue weighted by Gasteiger charge is 2.28. The minimum absolute atomic E-state index is 0.0483. The summed E-state index contributed by atoms with van der Waals surface area (Å²) >= 11 is 5.86. The van der Waals surface area contributed by atoms with Gasteiger partial charge < -0.3 is 10.1 Å². The van der Waals surface area contributed by atoms with Crippen molar-refractivity contribution in [1.82, 2.24) is 9.62 Å². The van der Waals surface area contributed by atoms with E-state index in [9.17, 15) is 13.2 Å². The molecule has 0 aliphatic carbocycles. The molecular formula is C15H21ClN2O4S. The third-order valence-corrected chi connectivity index (χ3v) is 5.30. The first-order chi connectivity index (χ1) is 10.9. The molecule has 0 unspecified atom stereocenters. The van der Waals surface area contributed by atoms with Gasteiger partial charge >= 0.3 is 0 Å². The van der Waals surface area contributed by atoms with E-state index in [1.54, 1.807) is 24.3 Å². The van der Waals surface area contributed by atoms with Crippen molar-refractivity contribution in [3.63, 3.8) is 0 Å². The molecule has 0 spiro atoms. The van der Waals surface area contributed by atoms with Crippen LogP contribution in [-0.2, 0) is 14.8 Å². The van der Waals surface area contributed by atoms with Gasteiger partial charge in [0.15, 0.2) is 0 Å². The van der Waals surface area contributed by atoms with Crippen LogP contribution in [0.25, 0.3) is 0 Å². The van der Waals surface area contributed by atoms with Gasteiger partial charge in [-0.1, -0.05) is 17.7 Å². The Morgan fingerprint density at radius 1 is 1.39 bits per heavy atom. The molecule has 1 fully saturated rings. The van der Waals surface area contributed by atoms with Gasteiger partial charge in [0, 0.05) is 24.0 Å². The quantitative estimate of drug-likeness (QED) is 0.780. The third-order valence-electron chi connectivity index (χ3n) is 3.76. The first-order valence-electron chi connectivity index (χ1n) is 7.47. The van der Waals surface area contributed by atoms with Gasteiger partial charge in [0.05, 0.1) is 12.8 Å². The summed E-state index contributed by atoms with van der Waals surface area (Å²) in [5.41, 5.74) is 0. The predicted molar refractivity (Wildman–Crippen MR) is 89.1 cm³/mol. The van der Waals surface area contributed by atoms with Crippen LogP contribution < -0.4 is 10.1 Å². The lowest BCUT2D eigenvalue weighted by molar-refractivity contribution is -0.126. The van der Waals surface area contributed by atoms with Gasteiger partial charge in [-0.2, -0.15) is 0 Å². The van der Waals surface area contributed by atoms with Gasteiger partial charge in [0.2, 0.25) is 15.9 Å². The summed E-state index contributed by atoms with van der Waals surface area (Å²) in [7, 11) is -3.16. The van der Waals surface area contributed by atoms with Gasteiger partial charge in [-0.3, -0.25) is 4.79 Å². The molecule has 128 valence electrons. The number of amides is 1. The van der Waals surface area contributed by atoms with E-state index < -0.39 is 10.0 Å². The minimum Gasteiger partial charge on any atom is -0.492 e. The van der Waals surface area contributed by atoms with Crippen LogP contribution in [-0.4, -0.2) is 51.1 Å². The van der Waals surface area contributed by atoms with Gasteiger partial charge in [-0.25, -0.2) is 12.7 Å². The molecule has 2 rings (SSSR count). The van der Waals surface area contributed by atoms with Crippen LogP contribution in [0.15, 0.2) is 24.3 Å². The van der Waals surface area contributed by atoms with Crippen molar-refractivity contribution in [2.45, 2.75) is 12.8 Å². The number of carbonyl (C=O) groups is 1. The molecule has 1 saturated heterocycles. The van der Waals surface area contributed by atoms with E-state index in [2.05, 4.69) is 5.32 Å². The normalized spacial score (nSPS) is 17.0. The Morgan fingerprint density at radius 2 is 2.09 bits per heavy atom. The Balaban J connectivity index is 1.68. The standard InChI is InChI=1S/C15H21ClN2O4S/c1-23(20,21)18-8-5-12(6-9-18)15(19)17-7-10-22-14-4-2-3-13(16)11-14/h2-4,11-12H,5-10H2,1H3,(H,17,19). The maximum atomic E-state index is 12.1. The van der Waals surface area contributed by atoms with Crippen LogP contribution in [0.4, 0.5) is 0 Å². The average molecular weight is 361 g/mol. The summed E-state index contributed by atoms with van der Waals surface area (Å²) in [6.45, 7) is 1.55. The topological polar surface area (TPSA) is 75.7 Å². The molecule has 1 aromatic rings. The van der Waals surface area contributed by atoms with E-state index in [0.717, 1.165) is 0 Å². The van der Waals surface area contributed by atoms with E-state index in [-0.39, 0.29) is 11.8 Å². The average Bonchev–Trinajstić information content (AvgIpc) is 2.51. The first-order valence-corrected chi connectivity index (χ1v) is 9.70. The second-order valence-corrected chi connectivity index (χ2v) is 7.95. The summed E-state index contributed by atoms with van der Waals surface area (Å²) < 4.78 is 29.8. The summed E-state index contributed by atoms with van der Waals surface area (Å²) in [5.74, 6) is 0.472. The smallest absolute Gasteiger partial charge is 0.223 e. The van der Waals surface area contributed by atoms with E-state index >= 15 is 0 Å². The molecular weight excluding hydrogens is 340 g/mol. The fraction of sp³-hybridized carbons (Fsp3) is 0.533. The molecule has 0 radical (unpaired) electrons. The number of rotatable bonds is 6. The molecule has 6 nitrogen and oxygen atoms in total. The first kappa shape index (κ1) is 18.0. The lowest BCUT2D eigenvalue weighted by Crippen LogP contribution is -2.43. The summed E-state index contributed by atoms with van der Waals surface area (Å²) in [5, 5.41) is 3.43. The van der Waals surface area contributed by atoms with E-state index in [1.165, 1.54) is 10.6 Å². The summed E-state index contributed by atoms with van der Waals surface area (Å²) in [4.78, 5) is 12.1. The molecule has 0 atom stereocenters. The summed E-state index contributed by atoms with van der Waals surface area (Å²) in [6.07, 6.45) is 2.29. The number of ether oxygens (including phenoxy) is 1. The van der Waals surface area contributed by atoms with E-state index in [4.69, 9.17) is 16.3 Å². The highest BCUT2D eigenvalue weighted by Crippen LogP contribution is 2.19. The Hall–Kier alpha value is -1.31. The largest absolute Gasteiger partial charge is 0.492 e. The molecule has 1 aliphatic heterocycles. The molecule has 0 aromatic heterocycles. The Labute approximate surface area is 141 Å². The van der Waals surface area contributed by atoms with Crippen LogP contribution >= 0.6 is 11.6 Å². The number of carbonyl (C=O) groups excluding carboxylic acids is 1.